The lowest BCUT2D eigenvalue weighted by molar-refractivity contribution is 0.0695. The summed E-state index contributed by atoms with van der Waals surface area (Å²) in [5.41, 5.74) is 0.0476. The van der Waals surface area contributed by atoms with Gasteiger partial charge in [-0.3, -0.25) is 0 Å². The van der Waals surface area contributed by atoms with Crippen LogP contribution in [0.1, 0.15) is 10.4 Å². The number of carbonyl (C=O) groups is 2. The van der Waals surface area contributed by atoms with E-state index in [-0.39, 0.29) is 11.3 Å². The molecule has 1 aromatic rings. The minimum Gasteiger partial charge on any atom is -0.478 e. The predicted octanol–water partition coefficient (Wildman–Crippen LogP) is 1.53. The Bertz CT molecular complexity index is 358. The first-order valence-electron chi connectivity index (χ1n) is 3.72. The van der Waals surface area contributed by atoms with Gasteiger partial charge in [0.1, 0.15) is 5.75 Å². The maximum Gasteiger partial charge on any atom is 0.513 e. The molecule has 0 aliphatic heterocycles. The molecule has 0 radical (unpaired) electrons. The molecule has 0 spiro atoms. The van der Waals surface area contributed by atoms with E-state index in [1.54, 1.807) is 0 Å². The Morgan fingerprint density at radius 3 is 2.64 bits per heavy atom. The van der Waals surface area contributed by atoms with E-state index in [1.165, 1.54) is 31.4 Å². The molecular weight excluding hydrogens is 188 g/mol. The average Bonchev–Trinajstić information content (AvgIpc) is 2.18. The zero-order chi connectivity index (χ0) is 10.6. The van der Waals surface area contributed by atoms with Gasteiger partial charge in [0.05, 0.1) is 12.7 Å². The maximum atomic E-state index is 10.7. The third-order valence-corrected chi connectivity index (χ3v) is 1.45. The lowest BCUT2D eigenvalue weighted by Crippen LogP contribution is -2.07. The highest BCUT2D eigenvalue weighted by Crippen LogP contribution is 2.13. The number of hydrogen-bond acceptors (Lipinski definition) is 4. The first-order valence-corrected chi connectivity index (χ1v) is 3.72. The number of aromatic carboxylic acids is 1. The van der Waals surface area contributed by atoms with Crippen molar-refractivity contribution in [3.8, 4) is 5.75 Å². The molecule has 5 heteroatoms. The van der Waals surface area contributed by atoms with E-state index in [2.05, 4.69) is 9.47 Å². The Balaban J connectivity index is 2.83. The number of carboxylic acids is 1. The van der Waals surface area contributed by atoms with Crippen molar-refractivity contribution in [1.29, 1.82) is 0 Å². The molecule has 74 valence electrons. The van der Waals surface area contributed by atoms with E-state index in [4.69, 9.17) is 5.11 Å². The van der Waals surface area contributed by atoms with E-state index >= 15 is 0 Å². The molecule has 14 heavy (non-hydrogen) atoms. The van der Waals surface area contributed by atoms with Crippen LogP contribution in [-0.2, 0) is 4.74 Å². The fraction of sp³-hybridized carbons (Fsp3) is 0.111. The van der Waals surface area contributed by atoms with Gasteiger partial charge >= 0.3 is 12.1 Å². The Hall–Kier alpha value is -2.04. The van der Waals surface area contributed by atoms with Crippen LogP contribution in [0.5, 0.6) is 5.75 Å². The van der Waals surface area contributed by atoms with Gasteiger partial charge in [-0.15, -0.1) is 0 Å². The second-order valence-corrected chi connectivity index (χ2v) is 2.39. The van der Waals surface area contributed by atoms with Gasteiger partial charge in [0, 0.05) is 0 Å². The van der Waals surface area contributed by atoms with Crippen molar-refractivity contribution in [2.45, 2.75) is 0 Å². The number of methoxy groups -OCH3 is 1. The van der Waals surface area contributed by atoms with E-state index < -0.39 is 12.1 Å². The van der Waals surface area contributed by atoms with Crippen LogP contribution >= 0.6 is 0 Å². The molecule has 0 aliphatic rings. The lowest BCUT2D eigenvalue weighted by atomic mass is 10.2. The van der Waals surface area contributed by atoms with Gasteiger partial charge in [0.2, 0.25) is 0 Å². The lowest BCUT2D eigenvalue weighted by Gasteiger charge is -2.02. The van der Waals surface area contributed by atoms with Crippen LogP contribution in [0.2, 0.25) is 0 Å². The van der Waals surface area contributed by atoms with Gasteiger partial charge in [-0.25, -0.2) is 9.59 Å². The van der Waals surface area contributed by atoms with E-state index in [0.29, 0.717) is 0 Å². The molecule has 0 saturated heterocycles. The standard InChI is InChI=1S/C9H8O5/c1-13-9(12)14-7-4-2-3-6(5-7)8(10)11/h2-5H,1H3,(H,10,11). The summed E-state index contributed by atoms with van der Waals surface area (Å²) in [6.45, 7) is 0. The monoisotopic (exact) mass is 196 g/mol. The van der Waals surface area contributed by atoms with Crippen molar-refractivity contribution in [3.05, 3.63) is 29.8 Å². The second-order valence-electron chi connectivity index (χ2n) is 2.39. The molecule has 0 fully saturated rings. The first kappa shape index (κ1) is 10.0. The van der Waals surface area contributed by atoms with Crippen LogP contribution in [0.25, 0.3) is 0 Å². The fourth-order valence-electron chi connectivity index (χ4n) is 0.831. The zero-order valence-corrected chi connectivity index (χ0v) is 7.39. The zero-order valence-electron chi connectivity index (χ0n) is 7.39. The summed E-state index contributed by atoms with van der Waals surface area (Å²) >= 11 is 0. The molecule has 0 heterocycles. The van der Waals surface area contributed by atoms with Crippen LogP contribution in [0.4, 0.5) is 4.79 Å². The molecule has 0 unspecified atom stereocenters. The largest absolute Gasteiger partial charge is 0.513 e. The summed E-state index contributed by atoms with van der Waals surface area (Å²) in [6, 6.07) is 5.57. The van der Waals surface area contributed by atoms with Crippen LogP contribution in [0.3, 0.4) is 0 Å². The molecule has 1 rings (SSSR count). The molecule has 1 aromatic carbocycles. The Morgan fingerprint density at radius 2 is 2.07 bits per heavy atom. The van der Waals surface area contributed by atoms with Crippen molar-refractivity contribution in [3.63, 3.8) is 0 Å². The second kappa shape index (κ2) is 4.27. The highest BCUT2D eigenvalue weighted by molar-refractivity contribution is 5.88. The van der Waals surface area contributed by atoms with E-state index in [1.807, 2.05) is 0 Å². The van der Waals surface area contributed by atoms with Crippen LogP contribution in [0.15, 0.2) is 24.3 Å². The van der Waals surface area contributed by atoms with Crippen LogP contribution in [-0.4, -0.2) is 24.3 Å². The third-order valence-electron chi connectivity index (χ3n) is 1.45. The summed E-state index contributed by atoms with van der Waals surface area (Å²) in [6.07, 6.45) is -0.882. The topological polar surface area (TPSA) is 72.8 Å². The number of carboxylic acid groups (broad SMARTS) is 1. The Kier molecular flexibility index (Phi) is 3.06. The molecule has 0 bridgehead atoms. The number of carbonyl (C=O) groups excluding carboxylic acids is 1. The smallest absolute Gasteiger partial charge is 0.478 e. The molecule has 0 aliphatic carbocycles. The van der Waals surface area contributed by atoms with Gasteiger partial charge < -0.3 is 14.6 Å². The summed E-state index contributed by atoms with van der Waals surface area (Å²) in [4.78, 5) is 21.2. The SMILES string of the molecule is COC(=O)Oc1cccc(C(=O)O)c1. The summed E-state index contributed by atoms with van der Waals surface area (Å²) in [5.74, 6) is -0.947. The molecule has 0 aromatic heterocycles. The number of ether oxygens (including phenoxy) is 2. The Labute approximate surface area is 79.9 Å². The molecule has 0 amide bonds. The van der Waals surface area contributed by atoms with Gasteiger partial charge in [-0.2, -0.15) is 0 Å². The van der Waals surface area contributed by atoms with Crippen molar-refractivity contribution in [2.24, 2.45) is 0 Å². The summed E-state index contributed by atoms with van der Waals surface area (Å²) < 4.78 is 8.88. The van der Waals surface area contributed by atoms with Gasteiger partial charge in [-0.05, 0) is 18.2 Å². The molecule has 1 N–H and O–H groups in total. The number of rotatable bonds is 2. The van der Waals surface area contributed by atoms with Crippen molar-refractivity contribution >= 4 is 12.1 Å². The third kappa shape index (κ3) is 2.48. The van der Waals surface area contributed by atoms with Crippen molar-refractivity contribution in [2.75, 3.05) is 7.11 Å². The number of benzene rings is 1. The van der Waals surface area contributed by atoms with Crippen molar-refractivity contribution in [1.82, 2.24) is 0 Å². The van der Waals surface area contributed by atoms with Crippen molar-refractivity contribution < 1.29 is 24.2 Å². The predicted molar refractivity (Wildman–Crippen MR) is 46.4 cm³/mol. The Morgan fingerprint density at radius 1 is 1.36 bits per heavy atom. The number of hydrogen-bond donors (Lipinski definition) is 1. The van der Waals surface area contributed by atoms with Crippen LogP contribution in [0, 0.1) is 0 Å². The molecule has 0 saturated carbocycles. The molecular formula is C9H8O5. The van der Waals surface area contributed by atoms with Crippen LogP contribution < -0.4 is 4.74 Å². The quantitative estimate of drug-likeness (QED) is 0.573. The minimum absolute atomic E-state index is 0.0476. The highest BCUT2D eigenvalue weighted by atomic mass is 16.7. The van der Waals surface area contributed by atoms with Gasteiger partial charge in [0.25, 0.3) is 0 Å². The normalized spacial score (nSPS) is 9.21. The first-order chi connectivity index (χ1) is 6.63. The van der Waals surface area contributed by atoms with E-state index in [9.17, 15) is 9.59 Å². The maximum absolute atomic E-state index is 10.7. The molecule has 5 nitrogen and oxygen atoms in total. The van der Waals surface area contributed by atoms with E-state index in [0.717, 1.165) is 0 Å². The molecule has 0 atom stereocenters. The summed E-state index contributed by atoms with van der Waals surface area (Å²) in [7, 11) is 1.17. The highest BCUT2D eigenvalue weighted by Gasteiger charge is 2.07. The minimum atomic E-state index is -1.08. The summed E-state index contributed by atoms with van der Waals surface area (Å²) in [5, 5.41) is 8.63. The van der Waals surface area contributed by atoms with Gasteiger partial charge in [0.15, 0.2) is 0 Å². The van der Waals surface area contributed by atoms with Gasteiger partial charge in [-0.1, -0.05) is 6.07 Å². The fourth-order valence-corrected chi connectivity index (χ4v) is 0.831. The average molecular weight is 196 g/mol.